The van der Waals surface area contributed by atoms with E-state index in [9.17, 15) is 14.7 Å². The number of aromatic nitrogens is 1. The highest BCUT2D eigenvalue weighted by atomic mass is 79.9. The van der Waals surface area contributed by atoms with Crippen molar-refractivity contribution < 1.29 is 24.2 Å². The molecule has 0 saturated carbocycles. The molecule has 1 heterocycles. The molecule has 0 aliphatic heterocycles. The summed E-state index contributed by atoms with van der Waals surface area (Å²) in [5.41, 5.74) is -0.131. The first kappa shape index (κ1) is 26.5. The van der Waals surface area contributed by atoms with Crippen molar-refractivity contribution in [1.29, 1.82) is 0 Å². The Hall–Kier alpha value is -1.58. The third-order valence-corrected chi connectivity index (χ3v) is 4.40. The lowest BCUT2D eigenvalue weighted by Gasteiger charge is -2.28. The molecule has 1 aromatic heterocycles. The Morgan fingerprint density at radius 2 is 2.00 bits per heavy atom. The summed E-state index contributed by atoms with van der Waals surface area (Å²) in [6.45, 7) is 9.40. The summed E-state index contributed by atoms with van der Waals surface area (Å²) in [5.74, 6) is 0. The Kier molecular flexibility index (Phi) is 10.9. The maximum Gasteiger partial charge on any atom is 0.409 e. The fourth-order valence-electron chi connectivity index (χ4n) is 2.49. The van der Waals surface area contributed by atoms with Crippen LogP contribution in [0.15, 0.2) is 16.7 Å². The summed E-state index contributed by atoms with van der Waals surface area (Å²) in [7, 11) is 0. The minimum atomic E-state index is -1.02. The fourth-order valence-corrected chi connectivity index (χ4v) is 3.27. The molecule has 0 spiro atoms. The van der Waals surface area contributed by atoms with Gasteiger partial charge in [0.15, 0.2) is 0 Å². The summed E-state index contributed by atoms with van der Waals surface area (Å²) >= 11 is 9.19. The van der Waals surface area contributed by atoms with Crippen molar-refractivity contribution in [3.05, 3.63) is 27.5 Å². The molecule has 170 valence electrons. The molecule has 0 aliphatic rings. The van der Waals surface area contributed by atoms with Crippen LogP contribution >= 0.6 is 27.5 Å². The number of hydrogen-bond donors (Lipinski definition) is 2. The van der Waals surface area contributed by atoms with Crippen molar-refractivity contribution in [2.75, 3.05) is 19.7 Å². The van der Waals surface area contributed by atoms with Gasteiger partial charge in [-0.15, -0.1) is 0 Å². The molecule has 0 bridgehead atoms. The maximum atomic E-state index is 12.6. The highest BCUT2D eigenvalue weighted by Gasteiger charge is 2.24. The van der Waals surface area contributed by atoms with Crippen LogP contribution in [-0.4, -0.2) is 58.5 Å². The Morgan fingerprint density at radius 1 is 1.33 bits per heavy atom. The van der Waals surface area contributed by atoms with Gasteiger partial charge in [-0.2, -0.15) is 0 Å². The van der Waals surface area contributed by atoms with E-state index in [1.165, 1.54) is 11.0 Å². The van der Waals surface area contributed by atoms with Gasteiger partial charge in [0.05, 0.1) is 19.3 Å². The number of amides is 2. The standard InChI is InChI=1S/C20H31BrClN3O5/c1-6-7-8-29-19(28)25(11-13(2)23-18(27)30-20(3,4)5)12-15(26)14-9-16(21)24-17(22)10-14/h9-10,13,15,26H,6-8,11-12H2,1-5H3,(H,23,27)/t13-,15?/m1/s1. The second-order valence-electron chi connectivity index (χ2n) is 7.98. The minimum Gasteiger partial charge on any atom is -0.449 e. The molecule has 8 nitrogen and oxygen atoms in total. The van der Waals surface area contributed by atoms with Gasteiger partial charge < -0.3 is 24.8 Å². The van der Waals surface area contributed by atoms with E-state index in [2.05, 4.69) is 26.2 Å². The number of carbonyl (C=O) groups is 2. The van der Waals surface area contributed by atoms with E-state index >= 15 is 0 Å². The zero-order chi connectivity index (χ0) is 22.9. The van der Waals surface area contributed by atoms with Crippen LogP contribution in [0, 0.1) is 0 Å². The number of nitrogens with zero attached hydrogens (tertiary/aromatic N) is 2. The molecule has 1 rings (SSSR count). The Balaban J connectivity index is 2.85. The second kappa shape index (κ2) is 12.3. The van der Waals surface area contributed by atoms with E-state index in [-0.39, 0.29) is 24.8 Å². The highest BCUT2D eigenvalue weighted by molar-refractivity contribution is 9.10. The monoisotopic (exact) mass is 507 g/mol. The van der Waals surface area contributed by atoms with E-state index in [1.807, 2.05) is 6.92 Å². The predicted octanol–water partition coefficient (Wildman–Crippen LogP) is 4.68. The maximum absolute atomic E-state index is 12.6. The molecule has 2 atom stereocenters. The van der Waals surface area contributed by atoms with Crippen LogP contribution in [-0.2, 0) is 9.47 Å². The number of ether oxygens (including phenoxy) is 2. The zero-order valence-corrected chi connectivity index (χ0v) is 20.4. The van der Waals surface area contributed by atoms with Crippen LogP contribution in [0.3, 0.4) is 0 Å². The van der Waals surface area contributed by atoms with Gasteiger partial charge >= 0.3 is 12.2 Å². The number of rotatable bonds is 9. The molecule has 2 N–H and O–H groups in total. The quantitative estimate of drug-likeness (QED) is 0.371. The summed E-state index contributed by atoms with van der Waals surface area (Å²) in [6.07, 6.45) is -0.551. The average molecular weight is 509 g/mol. The van der Waals surface area contributed by atoms with Gasteiger partial charge in [0, 0.05) is 12.6 Å². The molecule has 30 heavy (non-hydrogen) atoms. The first-order chi connectivity index (χ1) is 13.9. The smallest absolute Gasteiger partial charge is 0.409 e. The number of unbranched alkanes of at least 4 members (excludes halogenated alkanes) is 1. The van der Waals surface area contributed by atoms with Crippen LogP contribution in [0.2, 0.25) is 5.15 Å². The number of pyridine rings is 1. The van der Waals surface area contributed by atoms with Gasteiger partial charge in [0.2, 0.25) is 0 Å². The number of hydrogen-bond acceptors (Lipinski definition) is 6. The molecule has 1 unspecified atom stereocenters. The van der Waals surface area contributed by atoms with Gasteiger partial charge in [-0.05, 0) is 67.7 Å². The van der Waals surface area contributed by atoms with Crippen molar-refractivity contribution in [2.45, 2.75) is 65.2 Å². The Labute approximate surface area is 191 Å². The number of alkyl carbamates (subject to hydrolysis) is 1. The van der Waals surface area contributed by atoms with Gasteiger partial charge in [0.1, 0.15) is 15.4 Å². The molecule has 0 radical (unpaired) electrons. The lowest BCUT2D eigenvalue weighted by atomic mass is 10.1. The van der Waals surface area contributed by atoms with Crippen LogP contribution in [0.1, 0.15) is 59.1 Å². The third-order valence-electron chi connectivity index (χ3n) is 3.80. The Bertz CT molecular complexity index is 694. The molecule has 2 amide bonds. The highest BCUT2D eigenvalue weighted by Crippen LogP contribution is 2.22. The molecule has 0 aliphatic carbocycles. The summed E-state index contributed by atoms with van der Waals surface area (Å²) < 4.78 is 11.0. The lowest BCUT2D eigenvalue weighted by Crippen LogP contribution is -2.47. The molecular formula is C20H31BrClN3O5. The van der Waals surface area contributed by atoms with Crippen molar-refractivity contribution in [3.8, 4) is 0 Å². The predicted molar refractivity (Wildman–Crippen MR) is 119 cm³/mol. The van der Waals surface area contributed by atoms with E-state index in [0.29, 0.717) is 10.2 Å². The normalized spacial score (nSPS) is 13.3. The van der Waals surface area contributed by atoms with Crippen molar-refractivity contribution >= 4 is 39.7 Å². The van der Waals surface area contributed by atoms with E-state index in [0.717, 1.165) is 12.8 Å². The minimum absolute atomic E-state index is 0.0436. The van der Waals surface area contributed by atoms with Gasteiger partial charge in [-0.3, -0.25) is 0 Å². The van der Waals surface area contributed by atoms with Crippen LogP contribution in [0.4, 0.5) is 9.59 Å². The van der Waals surface area contributed by atoms with Gasteiger partial charge in [-0.25, -0.2) is 14.6 Å². The number of aliphatic hydroxyl groups is 1. The Morgan fingerprint density at radius 3 is 2.57 bits per heavy atom. The molecule has 0 aromatic carbocycles. The first-order valence-electron chi connectivity index (χ1n) is 9.83. The van der Waals surface area contributed by atoms with E-state index in [1.54, 1.807) is 33.8 Å². The topological polar surface area (TPSA) is 101 Å². The molecule has 0 saturated heterocycles. The van der Waals surface area contributed by atoms with E-state index < -0.39 is 29.9 Å². The summed E-state index contributed by atoms with van der Waals surface area (Å²) in [6, 6.07) is 2.72. The summed E-state index contributed by atoms with van der Waals surface area (Å²) in [5, 5.41) is 13.5. The first-order valence-corrected chi connectivity index (χ1v) is 11.0. The van der Waals surface area contributed by atoms with Crippen molar-refractivity contribution in [2.24, 2.45) is 0 Å². The number of nitrogens with one attached hydrogen (secondary N) is 1. The van der Waals surface area contributed by atoms with Crippen LogP contribution < -0.4 is 5.32 Å². The molecular weight excluding hydrogens is 478 g/mol. The molecule has 10 heteroatoms. The van der Waals surface area contributed by atoms with Crippen LogP contribution in [0.5, 0.6) is 0 Å². The number of aliphatic hydroxyl groups excluding tert-OH is 1. The number of halogens is 2. The van der Waals surface area contributed by atoms with Crippen LogP contribution in [0.25, 0.3) is 0 Å². The van der Waals surface area contributed by atoms with Gasteiger partial charge in [-0.1, -0.05) is 24.9 Å². The van der Waals surface area contributed by atoms with Crippen molar-refractivity contribution in [1.82, 2.24) is 15.2 Å². The lowest BCUT2D eigenvalue weighted by molar-refractivity contribution is 0.0463. The summed E-state index contributed by atoms with van der Waals surface area (Å²) in [4.78, 5) is 29.9. The largest absolute Gasteiger partial charge is 0.449 e. The van der Waals surface area contributed by atoms with E-state index in [4.69, 9.17) is 21.1 Å². The van der Waals surface area contributed by atoms with Gasteiger partial charge in [0.25, 0.3) is 0 Å². The zero-order valence-electron chi connectivity index (χ0n) is 18.1. The molecule has 0 fully saturated rings. The van der Waals surface area contributed by atoms with Crippen molar-refractivity contribution in [3.63, 3.8) is 0 Å². The molecule has 1 aromatic rings. The fraction of sp³-hybridized carbons (Fsp3) is 0.650. The second-order valence-corrected chi connectivity index (χ2v) is 9.18. The third kappa shape index (κ3) is 10.4. The SMILES string of the molecule is CCCCOC(=O)N(CC(O)c1cc(Cl)nc(Br)c1)C[C@@H](C)NC(=O)OC(C)(C)C. The number of carbonyl (C=O) groups excluding carboxylic acids is 2. The average Bonchev–Trinajstić information content (AvgIpc) is 2.58.